The molecule has 0 aromatic heterocycles. The molecular formula is C48H62O5. The van der Waals surface area contributed by atoms with Crippen molar-refractivity contribution in [3.05, 3.63) is 115 Å². The van der Waals surface area contributed by atoms with Crippen LogP contribution in [0.5, 0.6) is 23.0 Å². The van der Waals surface area contributed by atoms with Gasteiger partial charge in [-0.3, -0.25) is 0 Å². The van der Waals surface area contributed by atoms with Crippen molar-refractivity contribution >= 4 is 17.6 Å². The molecule has 4 aromatic rings. The summed E-state index contributed by atoms with van der Waals surface area (Å²) in [6, 6.07) is 18.2. The van der Waals surface area contributed by atoms with Gasteiger partial charge in [-0.25, -0.2) is 4.79 Å². The van der Waals surface area contributed by atoms with E-state index >= 15 is 0 Å². The lowest BCUT2D eigenvalue weighted by atomic mass is 9.87. The van der Waals surface area contributed by atoms with Crippen LogP contribution < -0.4 is 15.2 Å². The highest BCUT2D eigenvalue weighted by atomic mass is 16.5. The molecule has 1 heterocycles. The van der Waals surface area contributed by atoms with E-state index in [2.05, 4.69) is 71.9 Å². The standard InChI is InChI=1S/C32H36O3.C16H26O2/c1-6-9-16-34-32(33)26-15-11-10-14-25(26)31-27-17-21(4)23(12-7-2)19-29(27)35-30-20-24(13-8-3)22(5)18-28(30)31;1-4-5-6-7-8-9-10-14-11-15(17)12(2)13(3)16(14)18/h10-12,14-15,17-20H,6-9,13,16H2,1-5H3;11,17-18H,4-10H2,1-3H3/b23-12-;. The van der Waals surface area contributed by atoms with Crippen LogP contribution in [0.1, 0.15) is 147 Å². The van der Waals surface area contributed by atoms with Gasteiger partial charge in [0, 0.05) is 16.4 Å². The third kappa shape index (κ3) is 10.3. The van der Waals surface area contributed by atoms with Gasteiger partial charge in [0.05, 0.1) is 12.2 Å². The summed E-state index contributed by atoms with van der Waals surface area (Å²) >= 11 is 0. The maximum absolute atomic E-state index is 13.1. The normalized spacial score (nSPS) is 12.1. The molecule has 0 bridgehead atoms. The van der Waals surface area contributed by atoms with Gasteiger partial charge in [0.2, 0.25) is 0 Å². The van der Waals surface area contributed by atoms with E-state index in [1.54, 1.807) is 6.07 Å². The molecule has 4 aromatic carbocycles. The van der Waals surface area contributed by atoms with Crippen molar-refractivity contribution in [2.24, 2.45) is 0 Å². The predicted molar refractivity (Wildman–Crippen MR) is 220 cm³/mol. The Morgan fingerprint density at radius 1 is 0.698 bits per heavy atom. The lowest BCUT2D eigenvalue weighted by molar-refractivity contribution is 0.0499. The Morgan fingerprint density at radius 2 is 1.42 bits per heavy atom. The smallest absolute Gasteiger partial charge is 0.338 e. The Kier molecular flexibility index (Phi) is 15.6. The lowest BCUT2D eigenvalue weighted by Crippen LogP contribution is -2.23. The Morgan fingerprint density at radius 3 is 2.13 bits per heavy atom. The molecule has 0 unspecified atom stereocenters. The second kappa shape index (κ2) is 20.1. The summed E-state index contributed by atoms with van der Waals surface area (Å²) in [7, 11) is 0. The van der Waals surface area contributed by atoms with Crippen LogP contribution in [-0.2, 0) is 17.6 Å². The number of esters is 1. The third-order valence-electron chi connectivity index (χ3n) is 10.4. The van der Waals surface area contributed by atoms with Crippen molar-refractivity contribution in [2.75, 3.05) is 6.61 Å². The zero-order valence-corrected chi connectivity index (χ0v) is 33.6. The second-order valence-corrected chi connectivity index (χ2v) is 14.5. The first-order valence-electron chi connectivity index (χ1n) is 20.0. The Labute approximate surface area is 318 Å². The number of aromatic hydroxyl groups is 2. The van der Waals surface area contributed by atoms with Crippen LogP contribution in [0.15, 0.2) is 54.6 Å². The second-order valence-electron chi connectivity index (χ2n) is 14.5. The minimum atomic E-state index is -0.275. The highest BCUT2D eigenvalue weighted by Gasteiger charge is 2.25. The number of benzene rings is 4. The minimum absolute atomic E-state index is 0.275. The van der Waals surface area contributed by atoms with Gasteiger partial charge in [0.15, 0.2) is 0 Å². The molecule has 0 saturated carbocycles. The molecule has 0 spiro atoms. The maximum Gasteiger partial charge on any atom is 0.338 e. The SMILES string of the molecule is CC/C=c1/cc2c(cc1C)=C(c1ccccc1C(=O)OCCCC)c1cc(C)c(CCC)cc1O2.CCCCCCCCc1cc(O)c(C)c(C)c1O. The first-order chi connectivity index (χ1) is 25.6. The van der Waals surface area contributed by atoms with Crippen LogP contribution in [0, 0.1) is 27.7 Å². The molecule has 0 atom stereocenters. The Hall–Kier alpha value is -4.51. The van der Waals surface area contributed by atoms with Crippen LogP contribution in [0.4, 0.5) is 0 Å². The fourth-order valence-corrected chi connectivity index (χ4v) is 7.03. The zero-order valence-electron chi connectivity index (χ0n) is 33.6. The van der Waals surface area contributed by atoms with Gasteiger partial charge >= 0.3 is 5.97 Å². The minimum Gasteiger partial charge on any atom is -0.508 e. The van der Waals surface area contributed by atoms with Gasteiger partial charge in [-0.05, 0) is 140 Å². The number of phenols is 2. The molecule has 0 saturated heterocycles. The first kappa shape index (κ1) is 41.2. The molecule has 0 amide bonds. The van der Waals surface area contributed by atoms with E-state index in [0.29, 0.717) is 23.7 Å². The molecule has 0 radical (unpaired) electrons. The van der Waals surface area contributed by atoms with Crippen LogP contribution in [0.25, 0.3) is 11.6 Å². The number of hydrogen-bond donors (Lipinski definition) is 2. The van der Waals surface area contributed by atoms with Crippen molar-refractivity contribution < 1.29 is 24.5 Å². The maximum atomic E-state index is 13.1. The highest BCUT2D eigenvalue weighted by Crippen LogP contribution is 2.39. The summed E-state index contributed by atoms with van der Waals surface area (Å²) in [5.41, 5.74) is 9.72. The molecule has 53 heavy (non-hydrogen) atoms. The van der Waals surface area contributed by atoms with Crippen molar-refractivity contribution in [2.45, 2.75) is 132 Å². The van der Waals surface area contributed by atoms with Crippen molar-refractivity contribution in [1.29, 1.82) is 0 Å². The van der Waals surface area contributed by atoms with E-state index in [0.717, 1.165) is 95.1 Å². The molecule has 2 N–H and O–H groups in total. The average Bonchev–Trinajstić information content (AvgIpc) is 3.15. The largest absolute Gasteiger partial charge is 0.508 e. The number of phenolic OH excluding ortho intramolecular Hbond substituents is 2. The first-order valence-corrected chi connectivity index (χ1v) is 20.0. The quantitative estimate of drug-likeness (QED) is 0.0640. The highest BCUT2D eigenvalue weighted by molar-refractivity contribution is 5.99. The Bertz CT molecular complexity index is 1990. The van der Waals surface area contributed by atoms with Gasteiger partial charge in [0.1, 0.15) is 23.0 Å². The molecule has 5 nitrogen and oxygen atoms in total. The molecule has 1 aliphatic rings. The van der Waals surface area contributed by atoms with Crippen LogP contribution in [0.3, 0.4) is 0 Å². The topological polar surface area (TPSA) is 76.0 Å². The van der Waals surface area contributed by atoms with E-state index in [4.69, 9.17) is 9.47 Å². The van der Waals surface area contributed by atoms with Gasteiger partial charge in [-0.1, -0.05) is 96.9 Å². The van der Waals surface area contributed by atoms with Gasteiger partial charge in [0.25, 0.3) is 0 Å². The number of carbonyl (C=O) groups is 1. The van der Waals surface area contributed by atoms with Crippen LogP contribution in [-0.4, -0.2) is 22.8 Å². The van der Waals surface area contributed by atoms with Crippen LogP contribution in [0.2, 0.25) is 0 Å². The predicted octanol–water partition coefficient (Wildman–Crippen LogP) is 11.4. The van der Waals surface area contributed by atoms with Crippen molar-refractivity contribution in [3.8, 4) is 23.0 Å². The summed E-state index contributed by atoms with van der Waals surface area (Å²) < 4.78 is 12.2. The van der Waals surface area contributed by atoms with E-state index in [1.165, 1.54) is 54.0 Å². The summed E-state index contributed by atoms with van der Waals surface area (Å²) in [4.78, 5) is 13.1. The Balaban J connectivity index is 0.000000294. The van der Waals surface area contributed by atoms with Crippen LogP contribution >= 0.6 is 0 Å². The van der Waals surface area contributed by atoms with Gasteiger partial charge < -0.3 is 19.7 Å². The zero-order chi connectivity index (χ0) is 38.5. The summed E-state index contributed by atoms with van der Waals surface area (Å²) in [6.07, 6.45) is 15.4. The summed E-state index contributed by atoms with van der Waals surface area (Å²) in [5, 5.41) is 22.0. The van der Waals surface area contributed by atoms with E-state index in [1.807, 2.05) is 38.1 Å². The average molecular weight is 719 g/mol. The fraction of sp³-hybridized carbons (Fsp3) is 0.438. The number of fused-ring (bicyclic) bond motifs is 2. The molecule has 0 fully saturated rings. The molecule has 1 aliphatic heterocycles. The van der Waals surface area contributed by atoms with Gasteiger partial charge in [-0.2, -0.15) is 0 Å². The van der Waals surface area contributed by atoms with Crippen molar-refractivity contribution in [1.82, 2.24) is 0 Å². The number of aryl methyl sites for hydroxylation is 4. The molecular weight excluding hydrogens is 657 g/mol. The number of carbonyl (C=O) groups excluding carboxylic acids is 1. The summed E-state index contributed by atoms with van der Waals surface area (Å²) in [6.45, 7) is 17.1. The van der Waals surface area contributed by atoms with E-state index in [-0.39, 0.29) is 5.97 Å². The third-order valence-corrected chi connectivity index (χ3v) is 10.4. The molecule has 5 rings (SSSR count). The van der Waals surface area contributed by atoms with E-state index < -0.39 is 0 Å². The van der Waals surface area contributed by atoms with Crippen molar-refractivity contribution in [3.63, 3.8) is 0 Å². The number of unbranched alkanes of at least 4 members (excludes halogenated alkanes) is 6. The monoisotopic (exact) mass is 718 g/mol. The van der Waals surface area contributed by atoms with Gasteiger partial charge in [-0.15, -0.1) is 0 Å². The molecule has 0 aliphatic carbocycles. The molecule has 5 heteroatoms. The number of hydrogen-bond acceptors (Lipinski definition) is 5. The molecule has 284 valence electrons. The summed E-state index contributed by atoms with van der Waals surface area (Å²) in [5.74, 6) is 2.06. The van der Waals surface area contributed by atoms with E-state index in [9.17, 15) is 15.0 Å². The number of ether oxygens (including phenoxy) is 2. The number of rotatable bonds is 15. The fourth-order valence-electron chi connectivity index (χ4n) is 7.03. The lowest BCUT2D eigenvalue weighted by Gasteiger charge is -2.24.